The molecule has 0 spiro atoms. The van der Waals surface area contributed by atoms with Gasteiger partial charge >= 0.3 is 0 Å². The third-order valence-corrected chi connectivity index (χ3v) is 7.02. The topological polar surface area (TPSA) is 79.2 Å². The molecule has 6 atom stereocenters. The van der Waals surface area contributed by atoms with Crippen LogP contribution in [0.4, 0.5) is 0 Å². The van der Waals surface area contributed by atoms with E-state index in [0.29, 0.717) is 17.1 Å². The van der Waals surface area contributed by atoms with E-state index in [2.05, 4.69) is 17.7 Å². The molecule has 5 nitrogen and oxygen atoms in total. The summed E-state index contributed by atoms with van der Waals surface area (Å²) in [5.74, 6) is -0.981. The van der Waals surface area contributed by atoms with Gasteiger partial charge in [-0.1, -0.05) is 23.8 Å². The predicted molar refractivity (Wildman–Crippen MR) is 98.4 cm³/mol. The van der Waals surface area contributed by atoms with Gasteiger partial charge < -0.3 is 10.1 Å². The largest absolute Gasteiger partial charge is 0.370 e. The molecule has 5 rings (SSSR count). The van der Waals surface area contributed by atoms with Crippen LogP contribution in [0.1, 0.15) is 35.4 Å². The number of nitriles is 1. The maximum Gasteiger partial charge on any atom is 0.209 e. The van der Waals surface area contributed by atoms with Gasteiger partial charge in [-0.25, -0.2) is 0 Å². The Bertz CT molecular complexity index is 915. The summed E-state index contributed by atoms with van der Waals surface area (Å²) in [5, 5.41) is 12.9. The quantitative estimate of drug-likeness (QED) is 0.891. The van der Waals surface area contributed by atoms with Crippen LogP contribution < -0.4 is 5.32 Å². The molecule has 2 bridgehead atoms. The third kappa shape index (κ3) is 2.17. The summed E-state index contributed by atoms with van der Waals surface area (Å²) in [4.78, 5) is 24.9. The lowest BCUT2D eigenvalue weighted by Crippen LogP contribution is -2.46. The van der Waals surface area contributed by atoms with Crippen molar-refractivity contribution < 1.29 is 14.3 Å². The smallest absolute Gasteiger partial charge is 0.209 e. The number of hydrogen-bond donors (Lipinski definition) is 1. The summed E-state index contributed by atoms with van der Waals surface area (Å²) >= 11 is 0. The summed E-state index contributed by atoms with van der Waals surface area (Å²) in [6, 6.07) is 7.84. The van der Waals surface area contributed by atoms with Crippen molar-refractivity contribution >= 4 is 17.6 Å². The number of allylic oxidation sites excluding steroid dienone is 1. The van der Waals surface area contributed by atoms with Crippen LogP contribution >= 0.6 is 0 Å². The molecule has 3 saturated heterocycles. The van der Waals surface area contributed by atoms with Crippen molar-refractivity contribution in [1.29, 1.82) is 5.26 Å². The van der Waals surface area contributed by atoms with Crippen LogP contribution in [0.3, 0.4) is 0 Å². The highest BCUT2D eigenvalue weighted by Gasteiger charge is 2.64. The number of carbonyl (C=O) groups is 1. The molecular formula is C22H21N2O3. The van der Waals surface area contributed by atoms with E-state index in [4.69, 9.17) is 4.74 Å². The number of ketones is 1. The number of aryl methyl sites for hydroxylation is 1. The number of ether oxygens (including phenoxy) is 1. The van der Waals surface area contributed by atoms with E-state index in [1.54, 1.807) is 0 Å². The van der Waals surface area contributed by atoms with E-state index >= 15 is 0 Å². The number of nitrogens with zero attached hydrogens (tertiary/aromatic N) is 1. The van der Waals surface area contributed by atoms with Crippen LogP contribution in [0, 0.1) is 36.0 Å². The van der Waals surface area contributed by atoms with Gasteiger partial charge in [0.25, 0.3) is 0 Å². The van der Waals surface area contributed by atoms with Gasteiger partial charge in [0.1, 0.15) is 5.92 Å². The van der Waals surface area contributed by atoms with Crippen molar-refractivity contribution in [3.05, 3.63) is 41.0 Å². The van der Waals surface area contributed by atoms with Crippen LogP contribution in [0.15, 0.2) is 24.3 Å². The van der Waals surface area contributed by atoms with Gasteiger partial charge in [0, 0.05) is 24.9 Å². The zero-order valence-corrected chi connectivity index (χ0v) is 15.2. The molecule has 1 aliphatic carbocycles. The molecule has 4 aliphatic rings. The Morgan fingerprint density at radius 1 is 1.37 bits per heavy atom. The Kier molecular flexibility index (Phi) is 3.65. The van der Waals surface area contributed by atoms with Crippen LogP contribution in [0.5, 0.6) is 0 Å². The Labute approximate surface area is 158 Å². The van der Waals surface area contributed by atoms with Crippen molar-refractivity contribution in [2.45, 2.75) is 37.4 Å². The second-order valence-corrected chi connectivity index (χ2v) is 8.28. The van der Waals surface area contributed by atoms with Gasteiger partial charge in [-0.15, -0.1) is 0 Å². The van der Waals surface area contributed by atoms with Gasteiger partial charge in [-0.3, -0.25) is 9.59 Å². The van der Waals surface area contributed by atoms with E-state index in [1.807, 2.05) is 25.1 Å². The molecule has 3 fully saturated rings. The van der Waals surface area contributed by atoms with Crippen molar-refractivity contribution in [3.63, 3.8) is 0 Å². The molecule has 0 saturated carbocycles. The van der Waals surface area contributed by atoms with Crippen LogP contribution in [0.25, 0.3) is 5.57 Å². The van der Waals surface area contributed by atoms with Gasteiger partial charge in [0.05, 0.1) is 23.7 Å². The lowest BCUT2D eigenvalue weighted by molar-refractivity contribution is -0.115. The lowest BCUT2D eigenvalue weighted by atomic mass is 9.64. The van der Waals surface area contributed by atoms with E-state index in [0.717, 1.165) is 37.1 Å². The molecule has 0 aromatic heterocycles. The lowest BCUT2D eigenvalue weighted by Gasteiger charge is -2.39. The average molecular weight is 361 g/mol. The fourth-order valence-electron chi connectivity index (χ4n) is 5.83. The van der Waals surface area contributed by atoms with E-state index in [-0.39, 0.29) is 17.8 Å². The third-order valence-electron chi connectivity index (χ3n) is 7.02. The summed E-state index contributed by atoms with van der Waals surface area (Å²) in [6.07, 6.45) is 5.71. The molecule has 137 valence electrons. The summed E-state index contributed by atoms with van der Waals surface area (Å²) in [6.45, 7) is 3.73. The average Bonchev–Trinajstić information content (AvgIpc) is 3.36. The van der Waals surface area contributed by atoms with Crippen molar-refractivity contribution in [2.24, 2.45) is 17.8 Å². The number of carbonyl (C=O) groups excluding carboxylic acids is 2. The van der Waals surface area contributed by atoms with Gasteiger partial charge in [-0.2, -0.15) is 5.26 Å². The summed E-state index contributed by atoms with van der Waals surface area (Å²) in [7, 11) is 0. The first-order valence-electron chi connectivity index (χ1n) is 9.61. The molecule has 1 N–H and O–H groups in total. The first-order chi connectivity index (χ1) is 13.1. The molecule has 1 radical (unpaired) electrons. The SMILES string of the molecule is Cc1ccc2c(c1)C([C@@H]([C]=O)C13CC[C@H](O1)C1CNCC13)=CC(=O)[C@H]2C#N. The fraction of sp³-hybridized carbons (Fsp3) is 0.500. The van der Waals surface area contributed by atoms with Crippen LogP contribution in [0.2, 0.25) is 0 Å². The number of hydrogen-bond acceptors (Lipinski definition) is 5. The first-order valence-corrected chi connectivity index (χ1v) is 9.61. The van der Waals surface area contributed by atoms with E-state index < -0.39 is 17.4 Å². The second-order valence-electron chi connectivity index (χ2n) is 8.28. The number of benzene rings is 1. The minimum Gasteiger partial charge on any atom is -0.370 e. The standard InChI is InChI=1S/C22H21N2O3/c1-12-2-3-13-14(6-12)15(7-20(26)16(13)8-23)19(11-25)22-5-4-21(27-22)17-9-24-10-18(17)22/h2-3,6-7,16-19,21,24H,4-5,9-10H2,1H3/t16-,17?,18?,19+,21-,22?/m0/s1. The molecule has 1 aromatic rings. The zero-order valence-electron chi connectivity index (χ0n) is 15.2. The summed E-state index contributed by atoms with van der Waals surface area (Å²) < 4.78 is 6.45. The van der Waals surface area contributed by atoms with E-state index in [1.165, 1.54) is 6.08 Å². The van der Waals surface area contributed by atoms with Crippen molar-refractivity contribution in [2.75, 3.05) is 13.1 Å². The molecule has 3 unspecified atom stereocenters. The second kappa shape index (κ2) is 5.85. The maximum atomic E-state index is 12.7. The van der Waals surface area contributed by atoms with Crippen molar-refractivity contribution in [3.8, 4) is 6.07 Å². The normalized spacial score (nSPS) is 37.3. The molecular weight excluding hydrogens is 340 g/mol. The molecule has 3 heterocycles. The number of rotatable bonds is 3. The summed E-state index contributed by atoms with van der Waals surface area (Å²) in [5.41, 5.74) is 2.63. The van der Waals surface area contributed by atoms with Crippen LogP contribution in [-0.2, 0) is 14.3 Å². The molecule has 3 aliphatic heterocycles. The molecule has 5 heteroatoms. The highest BCUT2D eigenvalue weighted by Crippen LogP contribution is 2.58. The minimum atomic E-state index is -0.809. The minimum absolute atomic E-state index is 0.185. The maximum absolute atomic E-state index is 12.7. The van der Waals surface area contributed by atoms with Gasteiger partial charge in [0.2, 0.25) is 6.29 Å². The zero-order chi connectivity index (χ0) is 18.8. The van der Waals surface area contributed by atoms with Gasteiger partial charge in [-0.05, 0) is 42.5 Å². The Hall–Kier alpha value is -2.29. The molecule has 1 aromatic carbocycles. The Morgan fingerprint density at radius 2 is 2.22 bits per heavy atom. The monoisotopic (exact) mass is 361 g/mol. The highest BCUT2D eigenvalue weighted by molar-refractivity contribution is 6.08. The Balaban J connectivity index is 1.65. The highest BCUT2D eigenvalue weighted by atomic mass is 16.5. The van der Waals surface area contributed by atoms with E-state index in [9.17, 15) is 14.9 Å². The van der Waals surface area contributed by atoms with Gasteiger partial charge in [0.15, 0.2) is 5.78 Å². The predicted octanol–water partition coefficient (Wildman–Crippen LogP) is 2.06. The molecule has 27 heavy (non-hydrogen) atoms. The number of fused-ring (bicyclic) bond motifs is 6. The number of nitrogens with one attached hydrogen (secondary N) is 1. The Morgan fingerprint density at radius 3 is 3.00 bits per heavy atom. The first kappa shape index (κ1) is 16.9. The van der Waals surface area contributed by atoms with Crippen LogP contribution in [-0.4, -0.2) is 36.9 Å². The van der Waals surface area contributed by atoms with Crippen molar-refractivity contribution in [1.82, 2.24) is 5.32 Å². The fourth-order valence-corrected chi connectivity index (χ4v) is 5.83. The molecule has 0 amide bonds.